The van der Waals surface area contributed by atoms with Crippen molar-refractivity contribution in [2.24, 2.45) is 5.14 Å². The Kier molecular flexibility index (Phi) is 4.19. The summed E-state index contributed by atoms with van der Waals surface area (Å²) in [5, 5.41) is 15.1. The quantitative estimate of drug-likeness (QED) is 0.801. The van der Waals surface area contributed by atoms with Gasteiger partial charge in [-0.25, -0.2) is 5.14 Å². The Bertz CT molecular complexity index is 627. The van der Waals surface area contributed by atoms with Crippen LogP contribution >= 0.6 is 11.6 Å². The van der Waals surface area contributed by atoms with Gasteiger partial charge in [0.25, 0.3) is 16.1 Å². The van der Waals surface area contributed by atoms with E-state index >= 15 is 0 Å². The van der Waals surface area contributed by atoms with E-state index in [2.05, 4.69) is 0 Å². The summed E-state index contributed by atoms with van der Waals surface area (Å²) < 4.78 is 23.5. The van der Waals surface area contributed by atoms with Gasteiger partial charge >= 0.3 is 0 Å². The van der Waals surface area contributed by atoms with Crippen LogP contribution in [0.4, 0.5) is 0 Å². The van der Waals surface area contributed by atoms with Crippen LogP contribution in [0.25, 0.3) is 0 Å². The maximum atomic E-state index is 12.2. The monoisotopic (exact) mass is 319 g/mol. The number of phenolic OH excluding ortho intramolecular Hbond substituents is 1. The van der Waals surface area contributed by atoms with Gasteiger partial charge in [-0.05, 0) is 18.2 Å². The molecule has 0 radical (unpaired) electrons. The third-order valence-electron chi connectivity index (χ3n) is 3.07. The van der Waals surface area contributed by atoms with E-state index in [1.165, 1.54) is 23.1 Å². The van der Waals surface area contributed by atoms with Crippen LogP contribution in [0.5, 0.6) is 5.75 Å². The summed E-state index contributed by atoms with van der Waals surface area (Å²) >= 11 is 5.80. The second-order valence-corrected chi connectivity index (χ2v) is 6.38. The molecule has 0 aliphatic carbocycles. The number of benzene rings is 1. The number of nitrogens with zero attached hydrogens (tertiary/aromatic N) is 2. The first-order valence-corrected chi connectivity index (χ1v) is 7.73. The summed E-state index contributed by atoms with van der Waals surface area (Å²) in [6.07, 6.45) is 0. The van der Waals surface area contributed by atoms with E-state index < -0.39 is 10.2 Å². The molecule has 110 valence electrons. The third kappa shape index (κ3) is 3.21. The maximum Gasteiger partial charge on any atom is 0.277 e. The summed E-state index contributed by atoms with van der Waals surface area (Å²) in [6.45, 7) is 0.681. The molecule has 0 aromatic heterocycles. The molecule has 2 rings (SSSR count). The van der Waals surface area contributed by atoms with Gasteiger partial charge in [0.05, 0.1) is 5.56 Å². The normalized spacial score (nSPS) is 17.2. The summed E-state index contributed by atoms with van der Waals surface area (Å²) in [7, 11) is -3.73. The average molecular weight is 320 g/mol. The number of hydrogen-bond donors (Lipinski definition) is 2. The molecule has 1 aromatic rings. The Labute approximate surface area is 121 Å². The lowest BCUT2D eigenvalue weighted by Crippen LogP contribution is -2.52. The third-order valence-corrected chi connectivity index (χ3v) is 4.39. The van der Waals surface area contributed by atoms with Crippen LogP contribution < -0.4 is 5.14 Å². The number of amides is 1. The molecule has 20 heavy (non-hydrogen) atoms. The Morgan fingerprint density at radius 2 is 1.85 bits per heavy atom. The highest BCUT2D eigenvalue weighted by molar-refractivity contribution is 7.86. The zero-order valence-corrected chi connectivity index (χ0v) is 12.1. The highest BCUT2D eigenvalue weighted by atomic mass is 35.5. The predicted octanol–water partition coefficient (Wildman–Crippen LogP) is 0.00690. The van der Waals surface area contributed by atoms with Crippen LogP contribution in [0.3, 0.4) is 0 Å². The molecule has 1 saturated heterocycles. The Hall–Kier alpha value is -1.35. The van der Waals surface area contributed by atoms with Crippen LogP contribution in [0.15, 0.2) is 18.2 Å². The van der Waals surface area contributed by atoms with Crippen molar-refractivity contribution in [1.82, 2.24) is 9.21 Å². The van der Waals surface area contributed by atoms with Gasteiger partial charge in [-0.3, -0.25) is 4.79 Å². The first-order chi connectivity index (χ1) is 9.29. The number of carbonyl (C=O) groups excluding carboxylic acids is 1. The van der Waals surface area contributed by atoms with Crippen LogP contribution in [-0.2, 0) is 10.2 Å². The van der Waals surface area contributed by atoms with Crippen molar-refractivity contribution in [1.29, 1.82) is 0 Å². The molecular formula is C11H14ClN3O4S. The minimum atomic E-state index is -3.73. The van der Waals surface area contributed by atoms with E-state index in [-0.39, 0.29) is 43.4 Å². The predicted molar refractivity (Wildman–Crippen MR) is 73.7 cm³/mol. The molecule has 9 heteroatoms. The zero-order chi connectivity index (χ0) is 14.9. The van der Waals surface area contributed by atoms with Gasteiger partial charge < -0.3 is 10.0 Å². The lowest BCUT2D eigenvalue weighted by Gasteiger charge is -2.33. The highest BCUT2D eigenvalue weighted by Gasteiger charge is 2.28. The minimum Gasteiger partial charge on any atom is -0.507 e. The fraction of sp³-hybridized carbons (Fsp3) is 0.364. The fourth-order valence-corrected chi connectivity index (χ4v) is 2.84. The Balaban J connectivity index is 2.11. The topological polar surface area (TPSA) is 104 Å². The molecule has 3 N–H and O–H groups in total. The average Bonchev–Trinajstić information content (AvgIpc) is 2.40. The Morgan fingerprint density at radius 1 is 1.25 bits per heavy atom. The molecule has 0 spiro atoms. The van der Waals surface area contributed by atoms with Crippen LogP contribution in [-0.4, -0.2) is 54.8 Å². The van der Waals surface area contributed by atoms with E-state index in [4.69, 9.17) is 16.7 Å². The SMILES string of the molecule is NS(=O)(=O)N1CCN(C(=O)c2cc(Cl)ccc2O)CC1. The highest BCUT2D eigenvalue weighted by Crippen LogP contribution is 2.23. The summed E-state index contributed by atoms with van der Waals surface area (Å²) in [5.41, 5.74) is 0.0987. The number of piperazine rings is 1. The van der Waals surface area contributed by atoms with Gasteiger partial charge in [0.1, 0.15) is 5.75 Å². The van der Waals surface area contributed by atoms with Crippen molar-refractivity contribution in [2.75, 3.05) is 26.2 Å². The molecular weight excluding hydrogens is 306 g/mol. The number of carbonyl (C=O) groups is 1. The molecule has 1 amide bonds. The minimum absolute atomic E-state index is 0.0987. The summed E-state index contributed by atoms with van der Waals surface area (Å²) in [6, 6.07) is 4.20. The first-order valence-electron chi connectivity index (χ1n) is 5.84. The first kappa shape index (κ1) is 15.0. The molecule has 7 nitrogen and oxygen atoms in total. The lowest BCUT2D eigenvalue weighted by molar-refractivity contribution is 0.0695. The number of halogens is 1. The molecule has 0 bridgehead atoms. The van der Waals surface area contributed by atoms with Gasteiger partial charge in [0, 0.05) is 31.2 Å². The summed E-state index contributed by atoms with van der Waals surface area (Å²) in [4.78, 5) is 13.7. The van der Waals surface area contributed by atoms with E-state index in [0.717, 1.165) is 4.31 Å². The second-order valence-electron chi connectivity index (χ2n) is 4.40. The fourth-order valence-electron chi connectivity index (χ4n) is 2.00. The van der Waals surface area contributed by atoms with Crippen LogP contribution in [0.2, 0.25) is 5.02 Å². The van der Waals surface area contributed by atoms with Crippen LogP contribution in [0, 0.1) is 0 Å². The van der Waals surface area contributed by atoms with Crippen molar-refractivity contribution in [3.63, 3.8) is 0 Å². The smallest absolute Gasteiger partial charge is 0.277 e. The van der Waals surface area contributed by atoms with Gasteiger partial charge in [-0.1, -0.05) is 11.6 Å². The molecule has 0 saturated carbocycles. The Morgan fingerprint density at radius 3 is 2.40 bits per heavy atom. The van der Waals surface area contributed by atoms with Crippen molar-refractivity contribution >= 4 is 27.7 Å². The number of nitrogens with two attached hydrogens (primary N) is 1. The van der Waals surface area contributed by atoms with Gasteiger partial charge in [0.15, 0.2) is 0 Å². The van der Waals surface area contributed by atoms with Crippen molar-refractivity contribution < 1.29 is 18.3 Å². The molecule has 1 fully saturated rings. The lowest BCUT2D eigenvalue weighted by atomic mass is 10.1. The van der Waals surface area contributed by atoms with Gasteiger partial charge in [0.2, 0.25) is 0 Å². The van der Waals surface area contributed by atoms with E-state index in [1.54, 1.807) is 0 Å². The van der Waals surface area contributed by atoms with E-state index in [0.29, 0.717) is 5.02 Å². The van der Waals surface area contributed by atoms with Gasteiger partial charge in [-0.2, -0.15) is 12.7 Å². The zero-order valence-electron chi connectivity index (χ0n) is 10.5. The molecule has 0 unspecified atom stereocenters. The van der Waals surface area contributed by atoms with E-state index in [9.17, 15) is 18.3 Å². The number of rotatable bonds is 2. The largest absolute Gasteiger partial charge is 0.507 e. The molecule has 1 heterocycles. The van der Waals surface area contributed by atoms with Crippen molar-refractivity contribution in [2.45, 2.75) is 0 Å². The molecule has 0 atom stereocenters. The molecule has 1 aromatic carbocycles. The van der Waals surface area contributed by atoms with Crippen molar-refractivity contribution in [3.05, 3.63) is 28.8 Å². The number of aromatic hydroxyl groups is 1. The van der Waals surface area contributed by atoms with Crippen molar-refractivity contribution in [3.8, 4) is 5.75 Å². The molecule has 1 aliphatic heterocycles. The molecule has 1 aliphatic rings. The number of phenols is 1. The van der Waals surface area contributed by atoms with Crippen LogP contribution in [0.1, 0.15) is 10.4 Å². The standard InChI is InChI=1S/C11H14ClN3O4S/c12-8-1-2-10(16)9(7-8)11(17)14-3-5-15(6-4-14)20(13,18)19/h1-2,7,16H,3-6H2,(H2,13,18,19). The van der Waals surface area contributed by atoms with E-state index in [1.807, 2.05) is 0 Å². The van der Waals surface area contributed by atoms with Gasteiger partial charge in [-0.15, -0.1) is 0 Å². The second kappa shape index (κ2) is 5.57. The number of hydrogen-bond acceptors (Lipinski definition) is 4. The maximum absolute atomic E-state index is 12.2. The summed E-state index contributed by atoms with van der Waals surface area (Å²) in [5.74, 6) is -0.549.